The van der Waals surface area contributed by atoms with E-state index in [9.17, 15) is 9.59 Å². The van der Waals surface area contributed by atoms with E-state index in [1.54, 1.807) is 0 Å². The van der Waals surface area contributed by atoms with Crippen LogP contribution in [0.15, 0.2) is 35.9 Å². The van der Waals surface area contributed by atoms with Crippen molar-refractivity contribution in [3.05, 3.63) is 41.5 Å². The van der Waals surface area contributed by atoms with Gasteiger partial charge in [0.05, 0.1) is 25.2 Å². The number of rotatable bonds is 0. The van der Waals surface area contributed by atoms with Crippen LogP contribution in [0.1, 0.15) is 24.8 Å². The molecule has 0 N–H and O–H groups in total. The fraction of sp³-hybridized carbons (Fsp3) is 0.524. The van der Waals surface area contributed by atoms with Gasteiger partial charge in [-0.1, -0.05) is 24.3 Å². The van der Waals surface area contributed by atoms with Crippen LogP contribution in [0.25, 0.3) is 0 Å². The number of benzene rings is 1. The number of nitrogens with zero attached hydrogens (tertiary/aromatic N) is 2. The van der Waals surface area contributed by atoms with Crippen molar-refractivity contribution in [3.8, 4) is 0 Å². The van der Waals surface area contributed by atoms with Gasteiger partial charge in [0.25, 0.3) is 0 Å². The van der Waals surface area contributed by atoms with Gasteiger partial charge in [-0.15, -0.1) is 0 Å². The number of hydrogen-bond donors (Lipinski definition) is 0. The van der Waals surface area contributed by atoms with Crippen LogP contribution in [0, 0.1) is 11.8 Å². The first kappa shape index (κ1) is 14.0. The zero-order chi connectivity index (χ0) is 17.2. The van der Waals surface area contributed by atoms with Crippen LogP contribution in [-0.4, -0.2) is 48.1 Å². The smallest absolute Gasteiger partial charge is 0.229 e. The summed E-state index contributed by atoms with van der Waals surface area (Å²) < 4.78 is 6.19. The molecule has 132 valence electrons. The second kappa shape index (κ2) is 4.22. The van der Waals surface area contributed by atoms with Crippen LogP contribution in [0.5, 0.6) is 0 Å². The predicted octanol–water partition coefficient (Wildman–Crippen LogP) is 1.62. The van der Waals surface area contributed by atoms with E-state index in [2.05, 4.69) is 34.1 Å². The first-order valence-electron chi connectivity index (χ1n) is 9.72. The summed E-state index contributed by atoms with van der Waals surface area (Å²) in [5, 5.41) is 0. The molecule has 5 aliphatic heterocycles. The highest BCUT2D eigenvalue weighted by Gasteiger charge is 2.72. The number of hydrogen-bond acceptors (Lipinski definition) is 3. The van der Waals surface area contributed by atoms with E-state index in [0.717, 1.165) is 18.7 Å². The number of carbonyl (C=O) groups is 2. The molecule has 6 aliphatic rings. The van der Waals surface area contributed by atoms with Crippen LogP contribution in [0.3, 0.4) is 0 Å². The van der Waals surface area contributed by atoms with E-state index in [-0.39, 0.29) is 35.4 Å². The Morgan fingerprint density at radius 1 is 1.15 bits per heavy atom. The van der Waals surface area contributed by atoms with Gasteiger partial charge in [0.1, 0.15) is 0 Å². The Morgan fingerprint density at radius 3 is 2.96 bits per heavy atom. The molecule has 0 aromatic heterocycles. The Balaban J connectivity index is 1.57. The van der Waals surface area contributed by atoms with E-state index in [1.807, 2.05) is 6.07 Å². The summed E-state index contributed by atoms with van der Waals surface area (Å²) in [4.78, 5) is 30.4. The minimum Gasteiger partial charge on any atom is -0.373 e. The first-order valence-corrected chi connectivity index (χ1v) is 9.72. The van der Waals surface area contributed by atoms with Crippen molar-refractivity contribution in [3.63, 3.8) is 0 Å². The van der Waals surface area contributed by atoms with Crippen molar-refractivity contribution in [1.82, 2.24) is 4.90 Å². The molecule has 1 aliphatic carbocycles. The number of carbonyl (C=O) groups excluding carboxylic acids is 2. The molecule has 2 bridgehead atoms. The first-order chi connectivity index (χ1) is 12.7. The Labute approximate surface area is 151 Å². The fourth-order valence-electron chi connectivity index (χ4n) is 7.32. The predicted molar refractivity (Wildman–Crippen MR) is 93.5 cm³/mol. The molecule has 1 aromatic rings. The Kier molecular flexibility index (Phi) is 2.27. The monoisotopic (exact) mass is 348 g/mol. The third kappa shape index (κ3) is 1.29. The molecule has 4 fully saturated rings. The van der Waals surface area contributed by atoms with Gasteiger partial charge < -0.3 is 14.5 Å². The van der Waals surface area contributed by atoms with Crippen molar-refractivity contribution in [2.24, 2.45) is 11.8 Å². The second-order valence-corrected chi connectivity index (χ2v) is 8.75. The maximum atomic E-state index is 13.2. The minimum absolute atomic E-state index is 0.0168. The molecule has 5 nitrogen and oxygen atoms in total. The van der Waals surface area contributed by atoms with Crippen LogP contribution in [0.2, 0.25) is 0 Å². The maximum Gasteiger partial charge on any atom is 0.229 e. The average Bonchev–Trinajstić information content (AvgIpc) is 3.03. The Morgan fingerprint density at radius 2 is 2.04 bits per heavy atom. The van der Waals surface area contributed by atoms with E-state index < -0.39 is 0 Å². The highest BCUT2D eigenvalue weighted by atomic mass is 16.5. The van der Waals surface area contributed by atoms with Crippen molar-refractivity contribution >= 4 is 17.5 Å². The van der Waals surface area contributed by atoms with E-state index >= 15 is 0 Å². The number of para-hydroxylation sites is 1. The summed E-state index contributed by atoms with van der Waals surface area (Å²) in [6.07, 6.45) is 4.19. The van der Waals surface area contributed by atoms with E-state index in [0.29, 0.717) is 31.3 Å². The quantitative estimate of drug-likeness (QED) is 0.670. The molecule has 0 radical (unpaired) electrons. The molecule has 7 rings (SSSR count). The van der Waals surface area contributed by atoms with Gasteiger partial charge in [-0.2, -0.15) is 0 Å². The van der Waals surface area contributed by atoms with Crippen LogP contribution in [0.4, 0.5) is 5.69 Å². The molecule has 0 unspecified atom stereocenters. The molecule has 1 saturated carbocycles. The number of anilines is 1. The van der Waals surface area contributed by atoms with Gasteiger partial charge in [-0.05, 0) is 29.5 Å². The normalized spacial score (nSPS) is 44.0. The highest BCUT2D eigenvalue weighted by molar-refractivity contribution is 6.00. The zero-order valence-corrected chi connectivity index (χ0v) is 14.4. The van der Waals surface area contributed by atoms with Gasteiger partial charge in [0, 0.05) is 36.0 Å². The van der Waals surface area contributed by atoms with Gasteiger partial charge in [-0.3, -0.25) is 9.59 Å². The summed E-state index contributed by atoms with van der Waals surface area (Å²) >= 11 is 0. The van der Waals surface area contributed by atoms with E-state index in [1.165, 1.54) is 11.1 Å². The summed E-state index contributed by atoms with van der Waals surface area (Å²) in [6, 6.07) is 8.59. The Hall–Kier alpha value is -2.14. The molecule has 6 atom stereocenters. The van der Waals surface area contributed by atoms with Gasteiger partial charge in [-0.25, -0.2) is 0 Å². The second-order valence-electron chi connectivity index (χ2n) is 8.75. The lowest BCUT2D eigenvalue weighted by atomic mass is 9.53. The molecular formula is C21H20N2O3. The Bertz CT molecular complexity index is 924. The van der Waals surface area contributed by atoms with Crippen molar-refractivity contribution in [2.75, 3.05) is 18.1 Å². The van der Waals surface area contributed by atoms with Gasteiger partial charge in [0.2, 0.25) is 11.8 Å². The number of ether oxygens (including phenoxy) is 1. The highest BCUT2D eigenvalue weighted by Crippen LogP contribution is 2.65. The molecule has 5 heterocycles. The van der Waals surface area contributed by atoms with Gasteiger partial charge in [0.15, 0.2) is 0 Å². The molecule has 5 heteroatoms. The van der Waals surface area contributed by atoms with Crippen molar-refractivity contribution in [1.29, 1.82) is 0 Å². The average molecular weight is 348 g/mol. The SMILES string of the molecule is O=C1C[C@]23c4ccccc4N4C(=O)C[C@@H]5OCC=C6CN1[C@H]2C[C@H]6[C@H]5[C@H]43. The van der Waals surface area contributed by atoms with Crippen LogP contribution in [-0.2, 0) is 19.7 Å². The van der Waals surface area contributed by atoms with Gasteiger partial charge >= 0.3 is 0 Å². The molecular weight excluding hydrogens is 328 g/mol. The molecule has 26 heavy (non-hydrogen) atoms. The van der Waals surface area contributed by atoms with E-state index in [4.69, 9.17) is 4.74 Å². The summed E-state index contributed by atoms with van der Waals surface area (Å²) in [7, 11) is 0. The molecule has 1 aromatic carbocycles. The number of amides is 2. The lowest BCUT2D eigenvalue weighted by Crippen LogP contribution is -2.69. The summed E-state index contributed by atoms with van der Waals surface area (Å²) in [5.41, 5.74) is 3.37. The summed E-state index contributed by atoms with van der Waals surface area (Å²) in [6.45, 7) is 1.32. The third-order valence-corrected chi connectivity index (χ3v) is 8.07. The fourth-order valence-corrected chi connectivity index (χ4v) is 7.32. The largest absolute Gasteiger partial charge is 0.373 e. The maximum absolute atomic E-state index is 13.2. The third-order valence-electron chi connectivity index (χ3n) is 8.07. The van der Waals surface area contributed by atoms with Crippen LogP contribution < -0.4 is 4.90 Å². The minimum atomic E-state index is -0.248. The number of fused-ring (bicyclic) bond motifs is 2. The summed E-state index contributed by atoms with van der Waals surface area (Å²) in [5.74, 6) is 1.17. The van der Waals surface area contributed by atoms with Crippen molar-refractivity contribution in [2.45, 2.75) is 42.9 Å². The lowest BCUT2D eigenvalue weighted by molar-refractivity contribution is -0.133. The topological polar surface area (TPSA) is 49.9 Å². The molecule has 3 saturated heterocycles. The van der Waals surface area contributed by atoms with Crippen molar-refractivity contribution < 1.29 is 14.3 Å². The zero-order valence-electron chi connectivity index (χ0n) is 14.4. The standard InChI is InChI=1S/C21H20N2O3/c24-17-8-15-19-12-7-16-21(9-18(25)22(16)10-11(12)5-6-26-15)13-3-1-2-4-14(13)23(17)20(19)21/h1-5,12,15-16,19-20H,6-10H2/t12-,15+,16+,19-,20+,21+/m1/s1. The molecule has 1 spiro atoms. The lowest BCUT2D eigenvalue weighted by Gasteiger charge is -2.58. The number of piperidine rings is 2. The van der Waals surface area contributed by atoms with Crippen LogP contribution >= 0.6 is 0 Å². The molecule has 2 amide bonds.